The van der Waals surface area contributed by atoms with Crippen molar-refractivity contribution in [3.05, 3.63) is 0 Å². The molecule has 0 fully saturated rings. The Kier molecular flexibility index (Phi) is 5.03. The van der Waals surface area contributed by atoms with Crippen molar-refractivity contribution >= 4 is 11.7 Å². The maximum Gasteiger partial charge on any atom is 0.185 e. The van der Waals surface area contributed by atoms with Gasteiger partial charge in [-0.05, 0) is 13.3 Å². The molecule has 5 heteroatoms. The number of hydrogen-bond acceptors (Lipinski definition) is 3. The van der Waals surface area contributed by atoms with E-state index in [1.165, 1.54) is 0 Å². The fraction of sp³-hybridized carbons (Fsp3) is 0.714. The van der Waals surface area contributed by atoms with Gasteiger partial charge >= 0.3 is 0 Å². The molecule has 0 bridgehead atoms. The van der Waals surface area contributed by atoms with Crippen LogP contribution in [0.5, 0.6) is 0 Å². The van der Waals surface area contributed by atoms with Crippen molar-refractivity contribution in [2.75, 3.05) is 6.54 Å². The van der Waals surface area contributed by atoms with Crippen molar-refractivity contribution in [3.8, 4) is 0 Å². The highest BCUT2D eigenvalue weighted by Crippen LogP contribution is 1.93. The first kappa shape index (κ1) is 10.9. The standard InChI is InChI=1S/C7H16N4O/c1-5(8)6(12)3-2-4-11-7(9)10/h5H,2-4,8H2,1H3,(H4,9,10,11). The van der Waals surface area contributed by atoms with Crippen LogP contribution in [0.4, 0.5) is 0 Å². The molecule has 0 saturated heterocycles. The van der Waals surface area contributed by atoms with Crippen molar-refractivity contribution in [2.24, 2.45) is 22.2 Å². The molecule has 0 amide bonds. The third-order valence-corrected chi connectivity index (χ3v) is 1.38. The quantitative estimate of drug-likeness (QED) is 0.279. The van der Waals surface area contributed by atoms with E-state index < -0.39 is 0 Å². The van der Waals surface area contributed by atoms with Gasteiger partial charge in [0.25, 0.3) is 0 Å². The summed E-state index contributed by atoms with van der Waals surface area (Å²) in [6.07, 6.45) is 1.09. The number of Topliss-reactive ketones (excluding diaryl/α,β-unsaturated/α-hetero) is 1. The Labute approximate surface area is 72.0 Å². The largest absolute Gasteiger partial charge is 0.370 e. The van der Waals surface area contributed by atoms with Crippen LogP contribution in [0, 0.1) is 0 Å². The Bertz CT molecular complexity index is 172. The molecule has 1 atom stereocenters. The molecule has 0 aromatic rings. The van der Waals surface area contributed by atoms with E-state index >= 15 is 0 Å². The number of hydrogen-bond donors (Lipinski definition) is 3. The van der Waals surface area contributed by atoms with Crippen molar-refractivity contribution in [1.82, 2.24) is 0 Å². The molecule has 5 nitrogen and oxygen atoms in total. The van der Waals surface area contributed by atoms with Crippen LogP contribution in [0.25, 0.3) is 0 Å². The first-order chi connectivity index (χ1) is 5.54. The Morgan fingerprint density at radius 2 is 2.08 bits per heavy atom. The highest BCUT2D eigenvalue weighted by molar-refractivity contribution is 5.83. The minimum Gasteiger partial charge on any atom is -0.370 e. The normalized spacial score (nSPS) is 12.2. The van der Waals surface area contributed by atoms with Gasteiger partial charge in [-0.15, -0.1) is 0 Å². The number of carbonyl (C=O) groups is 1. The van der Waals surface area contributed by atoms with E-state index in [9.17, 15) is 4.79 Å². The molecule has 0 aliphatic carbocycles. The van der Waals surface area contributed by atoms with E-state index in [2.05, 4.69) is 4.99 Å². The molecule has 6 N–H and O–H groups in total. The summed E-state index contributed by atoms with van der Waals surface area (Å²) in [6, 6.07) is -0.385. The SMILES string of the molecule is CC(N)C(=O)CCCN=C(N)N. The molecule has 0 heterocycles. The van der Waals surface area contributed by atoms with Gasteiger partial charge in [0.05, 0.1) is 6.04 Å². The predicted molar refractivity (Wildman–Crippen MR) is 48.6 cm³/mol. The highest BCUT2D eigenvalue weighted by Gasteiger charge is 2.05. The number of ketones is 1. The number of guanidine groups is 1. The van der Waals surface area contributed by atoms with Gasteiger partial charge in [-0.2, -0.15) is 0 Å². The summed E-state index contributed by atoms with van der Waals surface area (Å²) in [6.45, 7) is 2.16. The van der Waals surface area contributed by atoms with E-state index in [4.69, 9.17) is 17.2 Å². The minimum atomic E-state index is -0.385. The van der Waals surface area contributed by atoms with Crippen molar-refractivity contribution in [3.63, 3.8) is 0 Å². The molecule has 0 saturated carbocycles. The highest BCUT2D eigenvalue weighted by atomic mass is 16.1. The van der Waals surface area contributed by atoms with Gasteiger partial charge < -0.3 is 17.2 Å². The van der Waals surface area contributed by atoms with Crippen LogP contribution < -0.4 is 17.2 Å². The second-order valence-corrected chi connectivity index (χ2v) is 2.67. The zero-order valence-corrected chi connectivity index (χ0v) is 7.29. The molecule has 0 spiro atoms. The van der Waals surface area contributed by atoms with Crippen molar-refractivity contribution in [1.29, 1.82) is 0 Å². The summed E-state index contributed by atoms with van der Waals surface area (Å²) in [5, 5.41) is 0. The molecular weight excluding hydrogens is 156 g/mol. The lowest BCUT2D eigenvalue weighted by atomic mass is 10.1. The van der Waals surface area contributed by atoms with E-state index in [0.717, 1.165) is 0 Å². The summed E-state index contributed by atoms with van der Waals surface area (Å²) >= 11 is 0. The fourth-order valence-electron chi connectivity index (χ4n) is 0.689. The Morgan fingerprint density at radius 3 is 2.50 bits per heavy atom. The predicted octanol–water partition coefficient (Wildman–Crippen LogP) is -1.04. The van der Waals surface area contributed by atoms with Crippen LogP contribution in [0.1, 0.15) is 19.8 Å². The average Bonchev–Trinajstić information content (AvgIpc) is 1.97. The molecule has 0 aromatic carbocycles. The van der Waals surface area contributed by atoms with Crippen LogP contribution >= 0.6 is 0 Å². The second-order valence-electron chi connectivity index (χ2n) is 2.67. The van der Waals surface area contributed by atoms with E-state index in [1.54, 1.807) is 6.92 Å². The van der Waals surface area contributed by atoms with Crippen LogP contribution in [0.3, 0.4) is 0 Å². The number of aliphatic imine (C=N–C) groups is 1. The van der Waals surface area contributed by atoms with E-state index in [0.29, 0.717) is 19.4 Å². The summed E-state index contributed by atoms with van der Waals surface area (Å²) in [7, 11) is 0. The van der Waals surface area contributed by atoms with Gasteiger partial charge in [0, 0.05) is 13.0 Å². The topological polar surface area (TPSA) is 107 Å². The van der Waals surface area contributed by atoms with Gasteiger partial charge in [-0.3, -0.25) is 9.79 Å². The van der Waals surface area contributed by atoms with Gasteiger partial charge in [-0.25, -0.2) is 0 Å². The number of nitrogens with zero attached hydrogens (tertiary/aromatic N) is 1. The van der Waals surface area contributed by atoms with Gasteiger partial charge in [-0.1, -0.05) is 0 Å². The Hall–Kier alpha value is -1.10. The third kappa shape index (κ3) is 5.67. The molecule has 70 valence electrons. The molecule has 0 rings (SSSR count). The lowest BCUT2D eigenvalue weighted by Gasteiger charge is -2.01. The molecular formula is C7H16N4O. The monoisotopic (exact) mass is 172 g/mol. The van der Waals surface area contributed by atoms with Gasteiger partial charge in [0.1, 0.15) is 5.78 Å². The first-order valence-electron chi connectivity index (χ1n) is 3.87. The summed E-state index contributed by atoms with van der Waals surface area (Å²) < 4.78 is 0. The Balaban J connectivity index is 3.45. The fourth-order valence-corrected chi connectivity index (χ4v) is 0.689. The number of rotatable bonds is 5. The van der Waals surface area contributed by atoms with Crippen molar-refractivity contribution < 1.29 is 4.79 Å². The molecule has 0 radical (unpaired) electrons. The summed E-state index contributed by atoms with van der Waals surface area (Å²) in [5.74, 6) is 0.101. The molecule has 0 aromatic heterocycles. The summed E-state index contributed by atoms with van der Waals surface area (Å²) in [5.41, 5.74) is 15.5. The second kappa shape index (κ2) is 5.54. The zero-order chi connectivity index (χ0) is 9.56. The minimum absolute atomic E-state index is 0.0424. The van der Waals surface area contributed by atoms with Crippen molar-refractivity contribution in [2.45, 2.75) is 25.8 Å². The Morgan fingerprint density at radius 1 is 1.50 bits per heavy atom. The van der Waals surface area contributed by atoms with Gasteiger partial charge in [0.2, 0.25) is 0 Å². The van der Waals surface area contributed by atoms with Crippen LogP contribution in [0.15, 0.2) is 4.99 Å². The number of carbonyl (C=O) groups excluding carboxylic acids is 1. The lowest BCUT2D eigenvalue weighted by molar-refractivity contribution is -0.120. The maximum absolute atomic E-state index is 11.0. The number of nitrogens with two attached hydrogens (primary N) is 3. The molecule has 0 aliphatic rings. The first-order valence-corrected chi connectivity index (χ1v) is 3.87. The van der Waals surface area contributed by atoms with E-state index in [-0.39, 0.29) is 17.8 Å². The molecule has 1 unspecified atom stereocenters. The maximum atomic E-state index is 11.0. The molecule has 0 aliphatic heterocycles. The van der Waals surface area contributed by atoms with Crippen LogP contribution in [-0.4, -0.2) is 24.3 Å². The smallest absolute Gasteiger partial charge is 0.185 e. The van der Waals surface area contributed by atoms with Crippen LogP contribution in [0.2, 0.25) is 0 Å². The van der Waals surface area contributed by atoms with Crippen LogP contribution in [-0.2, 0) is 4.79 Å². The van der Waals surface area contributed by atoms with Gasteiger partial charge in [0.15, 0.2) is 5.96 Å². The zero-order valence-electron chi connectivity index (χ0n) is 7.29. The third-order valence-electron chi connectivity index (χ3n) is 1.38. The summed E-state index contributed by atoms with van der Waals surface area (Å²) in [4.78, 5) is 14.7. The van der Waals surface area contributed by atoms with E-state index in [1.807, 2.05) is 0 Å². The lowest BCUT2D eigenvalue weighted by Crippen LogP contribution is -2.26. The average molecular weight is 172 g/mol. The molecule has 12 heavy (non-hydrogen) atoms.